The van der Waals surface area contributed by atoms with Crippen molar-refractivity contribution < 1.29 is 0 Å². The Hall–Kier alpha value is -0.860. The highest BCUT2D eigenvalue weighted by Crippen LogP contribution is 2.28. The van der Waals surface area contributed by atoms with Crippen LogP contribution in [0.25, 0.3) is 0 Å². The Labute approximate surface area is 98.2 Å². The first-order chi connectivity index (χ1) is 7.79. The zero-order chi connectivity index (χ0) is 11.4. The average Bonchev–Trinajstić information content (AvgIpc) is 2.79. The molecule has 1 aromatic carbocycles. The van der Waals surface area contributed by atoms with Crippen LogP contribution in [0.2, 0.25) is 0 Å². The molecule has 0 heterocycles. The van der Waals surface area contributed by atoms with E-state index >= 15 is 0 Å². The minimum atomic E-state index is 0.448. The van der Waals surface area contributed by atoms with Crippen LogP contribution in [0, 0.1) is 12.8 Å². The number of hydrogen-bond acceptors (Lipinski definition) is 2. The third-order valence-electron chi connectivity index (χ3n) is 3.72. The van der Waals surface area contributed by atoms with Crippen LogP contribution in [0.1, 0.15) is 36.8 Å². The highest BCUT2D eigenvalue weighted by atomic mass is 15.2. The molecule has 1 aliphatic carbocycles. The normalized spacial score (nSPS) is 18.9. The van der Waals surface area contributed by atoms with Crippen molar-refractivity contribution in [1.82, 2.24) is 5.43 Å². The quantitative estimate of drug-likeness (QED) is 0.602. The predicted molar refractivity (Wildman–Crippen MR) is 68.0 cm³/mol. The molecule has 16 heavy (non-hydrogen) atoms. The summed E-state index contributed by atoms with van der Waals surface area (Å²) in [5, 5.41) is 0. The summed E-state index contributed by atoms with van der Waals surface area (Å²) in [4.78, 5) is 0. The lowest BCUT2D eigenvalue weighted by Gasteiger charge is -2.22. The summed E-state index contributed by atoms with van der Waals surface area (Å²) < 4.78 is 0. The van der Waals surface area contributed by atoms with E-state index in [1.54, 1.807) is 0 Å². The fraction of sp³-hybridized carbons (Fsp3) is 0.571. The maximum Gasteiger partial charge on any atom is 0.0279 e. The van der Waals surface area contributed by atoms with Crippen molar-refractivity contribution >= 4 is 0 Å². The van der Waals surface area contributed by atoms with E-state index in [0.29, 0.717) is 6.04 Å². The van der Waals surface area contributed by atoms with E-state index in [4.69, 9.17) is 5.84 Å². The van der Waals surface area contributed by atoms with Gasteiger partial charge in [0.15, 0.2) is 0 Å². The molecule has 0 amide bonds. The van der Waals surface area contributed by atoms with Crippen molar-refractivity contribution in [3.05, 3.63) is 35.4 Å². The summed E-state index contributed by atoms with van der Waals surface area (Å²) >= 11 is 0. The van der Waals surface area contributed by atoms with Crippen LogP contribution < -0.4 is 11.3 Å². The topological polar surface area (TPSA) is 38.0 Å². The van der Waals surface area contributed by atoms with Gasteiger partial charge in [0.05, 0.1) is 0 Å². The Balaban J connectivity index is 2.00. The molecule has 2 nitrogen and oxygen atoms in total. The minimum Gasteiger partial charge on any atom is -0.271 e. The van der Waals surface area contributed by atoms with Gasteiger partial charge in [0.25, 0.3) is 0 Å². The molecule has 3 N–H and O–H groups in total. The zero-order valence-corrected chi connectivity index (χ0v) is 10.1. The number of hydrazine groups is 1. The summed E-state index contributed by atoms with van der Waals surface area (Å²) in [7, 11) is 0. The molecular formula is C14H22N2. The molecule has 1 fully saturated rings. The Kier molecular flexibility index (Phi) is 3.97. The number of benzene rings is 1. The fourth-order valence-corrected chi connectivity index (χ4v) is 2.81. The molecule has 0 radical (unpaired) electrons. The lowest BCUT2D eigenvalue weighted by molar-refractivity contribution is 0.361. The van der Waals surface area contributed by atoms with Crippen LogP contribution in [-0.4, -0.2) is 6.04 Å². The van der Waals surface area contributed by atoms with Gasteiger partial charge in [0, 0.05) is 6.04 Å². The Morgan fingerprint density at radius 3 is 2.75 bits per heavy atom. The molecule has 0 spiro atoms. The molecule has 1 aromatic rings. The van der Waals surface area contributed by atoms with E-state index in [1.807, 2.05) is 0 Å². The van der Waals surface area contributed by atoms with Crippen molar-refractivity contribution in [1.29, 1.82) is 0 Å². The highest BCUT2D eigenvalue weighted by molar-refractivity contribution is 5.23. The average molecular weight is 218 g/mol. The summed E-state index contributed by atoms with van der Waals surface area (Å²) in [5.41, 5.74) is 5.74. The van der Waals surface area contributed by atoms with Gasteiger partial charge in [-0.15, -0.1) is 0 Å². The second-order valence-electron chi connectivity index (χ2n) is 5.01. The molecule has 1 atom stereocenters. The molecule has 1 aliphatic rings. The van der Waals surface area contributed by atoms with Gasteiger partial charge in [-0.1, -0.05) is 42.7 Å². The van der Waals surface area contributed by atoms with Gasteiger partial charge >= 0.3 is 0 Å². The molecule has 0 aromatic heterocycles. The molecule has 0 saturated heterocycles. The number of nitrogens with two attached hydrogens (primary N) is 1. The molecule has 2 heteroatoms. The summed E-state index contributed by atoms with van der Waals surface area (Å²) in [6, 6.07) is 9.19. The van der Waals surface area contributed by atoms with Crippen LogP contribution in [0.3, 0.4) is 0 Å². The van der Waals surface area contributed by atoms with Crippen LogP contribution in [0.15, 0.2) is 24.3 Å². The number of aryl methyl sites for hydroxylation is 1. The maximum absolute atomic E-state index is 5.69. The van der Waals surface area contributed by atoms with Crippen molar-refractivity contribution in [2.24, 2.45) is 11.8 Å². The largest absolute Gasteiger partial charge is 0.271 e. The van der Waals surface area contributed by atoms with Gasteiger partial charge in [-0.2, -0.15) is 0 Å². The molecule has 0 bridgehead atoms. The van der Waals surface area contributed by atoms with Crippen LogP contribution >= 0.6 is 0 Å². The van der Waals surface area contributed by atoms with Crippen LogP contribution in [-0.2, 0) is 6.42 Å². The van der Waals surface area contributed by atoms with Gasteiger partial charge in [-0.3, -0.25) is 11.3 Å². The minimum absolute atomic E-state index is 0.448. The number of hydrogen-bond donors (Lipinski definition) is 2. The van der Waals surface area contributed by atoms with Gasteiger partial charge < -0.3 is 0 Å². The highest BCUT2D eigenvalue weighted by Gasteiger charge is 2.24. The van der Waals surface area contributed by atoms with E-state index in [2.05, 4.69) is 36.6 Å². The van der Waals surface area contributed by atoms with Gasteiger partial charge in [-0.25, -0.2) is 0 Å². The summed E-state index contributed by atoms with van der Waals surface area (Å²) in [5.74, 6) is 6.46. The van der Waals surface area contributed by atoms with Crippen molar-refractivity contribution in [3.63, 3.8) is 0 Å². The Morgan fingerprint density at radius 2 is 2.12 bits per heavy atom. The smallest absolute Gasteiger partial charge is 0.0279 e. The standard InChI is InChI=1S/C14H22N2/c1-11-5-4-6-12(9-11)10-14(16-15)13-7-2-3-8-13/h4-6,9,13-14,16H,2-3,7-8,10,15H2,1H3. The first-order valence-corrected chi connectivity index (χ1v) is 6.31. The van der Waals surface area contributed by atoms with E-state index in [0.717, 1.165) is 12.3 Å². The van der Waals surface area contributed by atoms with E-state index in [-0.39, 0.29) is 0 Å². The van der Waals surface area contributed by atoms with Gasteiger partial charge in [-0.05, 0) is 37.7 Å². The third kappa shape index (κ3) is 2.83. The molecule has 1 unspecified atom stereocenters. The fourth-order valence-electron chi connectivity index (χ4n) is 2.81. The number of rotatable bonds is 4. The van der Waals surface area contributed by atoms with Crippen molar-refractivity contribution in [2.75, 3.05) is 0 Å². The van der Waals surface area contributed by atoms with Crippen LogP contribution in [0.5, 0.6) is 0 Å². The monoisotopic (exact) mass is 218 g/mol. The van der Waals surface area contributed by atoms with Crippen LogP contribution in [0.4, 0.5) is 0 Å². The lowest BCUT2D eigenvalue weighted by Crippen LogP contribution is -2.41. The van der Waals surface area contributed by atoms with E-state index in [9.17, 15) is 0 Å². The first-order valence-electron chi connectivity index (χ1n) is 6.31. The second-order valence-corrected chi connectivity index (χ2v) is 5.01. The molecular weight excluding hydrogens is 196 g/mol. The van der Waals surface area contributed by atoms with Crippen molar-refractivity contribution in [2.45, 2.75) is 45.1 Å². The summed E-state index contributed by atoms with van der Waals surface area (Å²) in [6.45, 7) is 2.14. The predicted octanol–water partition coefficient (Wildman–Crippen LogP) is 2.56. The Bertz CT molecular complexity index is 329. The lowest BCUT2D eigenvalue weighted by atomic mass is 9.92. The molecule has 1 saturated carbocycles. The maximum atomic E-state index is 5.69. The van der Waals surface area contributed by atoms with Crippen molar-refractivity contribution in [3.8, 4) is 0 Å². The van der Waals surface area contributed by atoms with Gasteiger partial charge in [0.1, 0.15) is 0 Å². The first kappa shape index (κ1) is 11.6. The zero-order valence-electron chi connectivity index (χ0n) is 10.1. The van der Waals surface area contributed by atoms with E-state index < -0.39 is 0 Å². The summed E-state index contributed by atoms with van der Waals surface area (Å²) in [6.07, 6.45) is 6.47. The van der Waals surface area contributed by atoms with E-state index in [1.165, 1.54) is 36.8 Å². The molecule has 88 valence electrons. The molecule has 2 rings (SSSR count). The van der Waals surface area contributed by atoms with Gasteiger partial charge in [0.2, 0.25) is 0 Å². The molecule has 0 aliphatic heterocycles. The Morgan fingerprint density at radius 1 is 1.38 bits per heavy atom. The SMILES string of the molecule is Cc1cccc(CC(NN)C2CCCC2)c1. The number of nitrogens with one attached hydrogen (secondary N) is 1. The third-order valence-corrected chi connectivity index (χ3v) is 3.72. The second kappa shape index (κ2) is 5.46.